The van der Waals surface area contributed by atoms with Gasteiger partial charge in [0.05, 0.1) is 11.3 Å². The van der Waals surface area contributed by atoms with E-state index in [2.05, 4.69) is 26.3 Å². The van der Waals surface area contributed by atoms with Crippen LogP contribution in [0.4, 0.5) is 11.4 Å². The molecule has 2 rings (SSSR count). The molecule has 20 heteroatoms. The molecule has 4 atom stereocenters. The first-order valence-corrected chi connectivity index (χ1v) is 15.2. The molecule has 10 N–H and O–H groups in total. The minimum absolute atomic E-state index is 0.129. The maximum absolute atomic E-state index is 13.4. The van der Waals surface area contributed by atoms with Crippen LogP contribution in [-0.4, -0.2) is 105 Å². The first-order valence-electron chi connectivity index (χ1n) is 15.2. The van der Waals surface area contributed by atoms with E-state index in [9.17, 15) is 38.9 Å². The number of nitro groups is 1. The highest BCUT2D eigenvalue weighted by molar-refractivity contribution is 5.99. The predicted octanol–water partition coefficient (Wildman–Crippen LogP) is -0.972. The second-order valence-electron chi connectivity index (χ2n) is 10.9. The van der Waals surface area contributed by atoms with Crippen molar-refractivity contribution in [2.75, 3.05) is 18.4 Å². The Labute approximate surface area is 281 Å². The number of nitrogens with zero attached hydrogens (tertiary/aromatic N) is 3. The average Bonchev–Trinajstić information content (AvgIpc) is 3.51. The standard InChI is InChI=1S/C27H39N9O9.C2H4O2/c1-15(31-21(37)11-12-22(38)39)23(40)32-16(2)26(43)35-14-4-6-20(35)25(42)34-19(5-3-13-30-27(28)29)24(41)33-17-7-9-18(10-8-17)36(44)45;1-2(3)4/h7-10,15-16,19-20H,3-6,11-14H2,1-2H3,(H,31,37)(H,32,40)(H,33,41)(H,34,42)(H,38,39)(H4,28,29,30);1H3,(H,3,4)/t15-,16-,19-,20-;/m0./s1. The number of carboxylic acid groups (broad SMARTS) is 2. The predicted molar refractivity (Wildman–Crippen MR) is 174 cm³/mol. The fraction of sp³-hybridized carbons (Fsp3) is 0.517. The van der Waals surface area contributed by atoms with Crippen molar-refractivity contribution >= 4 is 58.8 Å². The highest BCUT2D eigenvalue weighted by Crippen LogP contribution is 2.20. The highest BCUT2D eigenvalue weighted by atomic mass is 16.6. The zero-order chi connectivity index (χ0) is 37.3. The van der Waals surface area contributed by atoms with Crippen molar-refractivity contribution in [3.8, 4) is 0 Å². The van der Waals surface area contributed by atoms with Crippen LogP contribution >= 0.6 is 0 Å². The zero-order valence-corrected chi connectivity index (χ0v) is 27.3. The molecule has 5 amide bonds. The Balaban J connectivity index is 0.00000283. The van der Waals surface area contributed by atoms with Crippen molar-refractivity contribution in [3.63, 3.8) is 0 Å². The van der Waals surface area contributed by atoms with Crippen molar-refractivity contribution in [2.45, 2.75) is 83.5 Å². The molecule has 0 unspecified atom stereocenters. The summed E-state index contributed by atoms with van der Waals surface area (Å²) in [6.45, 7) is 4.30. The molecule has 1 aliphatic heterocycles. The summed E-state index contributed by atoms with van der Waals surface area (Å²) in [6.07, 6.45) is 0.530. The van der Waals surface area contributed by atoms with Gasteiger partial charge in [0.1, 0.15) is 24.2 Å². The lowest BCUT2D eigenvalue weighted by atomic mass is 10.1. The van der Waals surface area contributed by atoms with E-state index in [1.807, 2.05) is 0 Å². The van der Waals surface area contributed by atoms with E-state index in [4.69, 9.17) is 26.5 Å². The molecule has 1 aliphatic rings. The number of hydrogen-bond acceptors (Lipinski definition) is 10. The summed E-state index contributed by atoms with van der Waals surface area (Å²) >= 11 is 0. The van der Waals surface area contributed by atoms with Crippen molar-refractivity contribution in [1.82, 2.24) is 20.9 Å². The minimum atomic E-state index is -1.16. The van der Waals surface area contributed by atoms with Gasteiger partial charge in [-0.05, 0) is 51.7 Å². The monoisotopic (exact) mass is 693 g/mol. The van der Waals surface area contributed by atoms with E-state index in [0.29, 0.717) is 19.3 Å². The first kappa shape index (κ1) is 41.2. The van der Waals surface area contributed by atoms with E-state index in [0.717, 1.165) is 6.92 Å². The van der Waals surface area contributed by atoms with E-state index < -0.39 is 77.0 Å². The summed E-state index contributed by atoms with van der Waals surface area (Å²) in [7, 11) is 0. The normalized spacial score (nSPS) is 15.2. The number of benzene rings is 1. The maximum atomic E-state index is 13.4. The van der Waals surface area contributed by atoms with Crippen LogP contribution in [0.2, 0.25) is 0 Å². The molecule has 0 bridgehead atoms. The lowest BCUT2D eigenvalue weighted by molar-refractivity contribution is -0.384. The Morgan fingerprint density at radius 3 is 2.14 bits per heavy atom. The fourth-order valence-electron chi connectivity index (χ4n) is 4.49. The largest absolute Gasteiger partial charge is 0.481 e. The highest BCUT2D eigenvalue weighted by Gasteiger charge is 2.38. The van der Waals surface area contributed by atoms with Crippen LogP contribution in [0, 0.1) is 10.1 Å². The summed E-state index contributed by atoms with van der Waals surface area (Å²) in [6, 6.07) is 1.03. The summed E-state index contributed by atoms with van der Waals surface area (Å²) < 4.78 is 0. The van der Waals surface area contributed by atoms with Crippen molar-refractivity contribution in [1.29, 1.82) is 0 Å². The molecule has 1 saturated heterocycles. The third kappa shape index (κ3) is 15.5. The molecule has 0 spiro atoms. The number of likely N-dealkylation sites (tertiary alicyclic amines) is 1. The quantitative estimate of drug-likeness (QED) is 0.0340. The van der Waals surface area contributed by atoms with Crippen LogP contribution in [0.3, 0.4) is 0 Å². The number of amides is 5. The Kier molecular flexibility index (Phi) is 17.2. The van der Waals surface area contributed by atoms with Crippen LogP contribution in [0.25, 0.3) is 0 Å². The molecule has 0 radical (unpaired) electrons. The first-order chi connectivity index (χ1) is 22.9. The summed E-state index contributed by atoms with van der Waals surface area (Å²) in [4.78, 5) is 99.3. The van der Waals surface area contributed by atoms with Crippen molar-refractivity contribution in [3.05, 3.63) is 34.4 Å². The van der Waals surface area contributed by atoms with Crippen LogP contribution in [0.1, 0.15) is 59.3 Å². The van der Waals surface area contributed by atoms with Crippen molar-refractivity contribution in [2.24, 2.45) is 16.5 Å². The van der Waals surface area contributed by atoms with Gasteiger partial charge in [-0.1, -0.05) is 0 Å². The number of rotatable bonds is 16. The van der Waals surface area contributed by atoms with Crippen LogP contribution < -0.4 is 32.7 Å². The second kappa shape index (κ2) is 20.4. The molecule has 1 aromatic rings. The number of nitrogens with one attached hydrogen (secondary N) is 4. The van der Waals surface area contributed by atoms with Crippen molar-refractivity contribution < 1.29 is 48.7 Å². The number of anilines is 1. The second-order valence-corrected chi connectivity index (χ2v) is 10.9. The molecule has 1 aromatic carbocycles. The summed E-state index contributed by atoms with van der Waals surface area (Å²) in [5.74, 6) is -5.19. The van der Waals surface area contributed by atoms with Gasteiger partial charge >= 0.3 is 5.97 Å². The minimum Gasteiger partial charge on any atom is -0.481 e. The number of carboxylic acids is 2. The number of hydrogen-bond donors (Lipinski definition) is 8. The van der Waals surface area contributed by atoms with E-state index in [-0.39, 0.29) is 43.3 Å². The molecule has 270 valence electrons. The van der Waals surface area contributed by atoms with Crippen LogP contribution in [0.15, 0.2) is 29.3 Å². The maximum Gasteiger partial charge on any atom is 0.303 e. The smallest absolute Gasteiger partial charge is 0.303 e. The van der Waals surface area contributed by atoms with Gasteiger partial charge < -0.3 is 47.8 Å². The number of nitro benzene ring substituents is 1. The number of nitrogens with two attached hydrogens (primary N) is 2. The lowest BCUT2D eigenvalue weighted by Gasteiger charge is -2.29. The molecule has 1 heterocycles. The molecule has 0 aromatic heterocycles. The van der Waals surface area contributed by atoms with Gasteiger partial charge in [-0.25, -0.2) is 0 Å². The lowest BCUT2D eigenvalue weighted by Crippen LogP contribution is -2.56. The van der Waals surface area contributed by atoms with E-state index in [1.165, 1.54) is 43.0 Å². The number of guanidine groups is 1. The van der Waals surface area contributed by atoms with Gasteiger partial charge in [-0.2, -0.15) is 0 Å². The summed E-state index contributed by atoms with van der Waals surface area (Å²) in [5.41, 5.74) is 10.8. The van der Waals surface area contributed by atoms with Crippen LogP contribution in [0.5, 0.6) is 0 Å². The molecule has 49 heavy (non-hydrogen) atoms. The van der Waals surface area contributed by atoms with Gasteiger partial charge in [0, 0.05) is 44.3 Å². The van der Waals surface area contributed by atoms with Gasteiger partial charge in [0.2, 0.25) is 29.5 Å². The van der Waals surface area contributed by atoms with Gasteiger partial charge in [0.25, 0.3) is 11.7 Å². The zero-order valence-electron chi connectivity index (χ0n) is 27.3. The van der Waals surface area contributed by atoms with E-state index in [1.54, 1.807) is 0 Å². The van der Waals surface area contributed by atoms with Gasteiger partial charge in [-0.3, -0.25) is 48.7 Å². The summed E-state index contributed by atoms with van der Waals surface area (Å²) in [5, 5.41) is 37.2. The van der Waals surface area contributed by atoms with Crippen LogP contribution in [-0.2, 0) is 33.6 Å². The third-order valence-electron chi connectivity index (χ3n) is 6.83. The molecule has 20 nitrogen and oxygen atoms in total. The Morgan fingerprint density at radius 2 is 1.59 bits per heavy atom. The fourth-order valence-corrected chi connectivity index (χ4v) is 4.49. The molecule has 0 saturated carbocycles. The number of carbonyl (C=O) groups excluding carboxylic acids is 5. The molecule has 1 fully saturated rings. The Hall–Kier alpha value is -5.82. The van der Waals surface area contributed by atoms with E-state index >= 15 is 0 Å². The molecular formula is C29H43N9O11. The number of aliphatic carboxylic acids is 2. The Bertz CT molecular complexity index is 1390. The number of carbonyl (C=O) groups is 7. The number of aliphatic imine (C=N–C) groups is 1. The molecular weight excluding hydrogens is 650 g/mol. The SMILES string of the molecule is CC(=O)O.C[C@H](NC(=O)CCC(=O)O)C(=O)N[C@@H](C)C(=O)N1CCC[C@H]1C(=O)N[C@@H](CCCN=C(N)N)C(=O)Nc1ccc([N+](=O)[O-])cc1. The molecule has 0 aliphatic carbocycles. The third-order valence-corrected chi connectivity index (χ3v) is 6.83. The Morgan fingerprint density at radius 1 is 0.980 bits per heavy atom. The average molecular weight is 694 g/mol. The van der Waals surface area contributed by atoms with Gasteiger partial charge in [-0.15, -0.1) is 0 Å². The number of non-ortho nitro benzene ring substituents is 1. The topological polar surface area (TPSA) is 319 Å². The van der Waals surface area contributed by atoms with Gasteiger partial charge in [0.15, 0.2) is 5.96 Å².